The number of hydrogen-bond donors (Lipinski definition) is 2. The first-order chi connectivity index (χ1) is 13.5. The molecule has 1 aliphatic heterocycles. The largest absolute Gasteiger partial charge is 0.351 e. The fraction of sp³-hybridized carbons (Fsp3) is 0.545. The number of Topliss-reactive ketones (excluding diaryl/α,β-unsaturated/α-hetero) is 1. The Bertz CT molecular complexity index is 852. The molecule has 28 heavy (non-hydrogen) atoms. The standard InChI is InChI=1S/C22H28N4O2/c1-2-6-14-7-5-8-15(11-14)16-12-17-19(18(27)13-16)22(9-3-4-10-22)26-21(24-17)25-20(23)28/h5,7-8,11,16,19H,2-4,6,9-10,12-13H2,1H3,(H3,23,25,26,28). The maximum Gasteiger partial charge on any atom is 0.318 e. The van der Waals surface area contributed by atoms with Gasteiger partial charge in [-0.25, -0.2) is 14.8 Å². The molecule has 0 bridgehead atoms. The lowest BCUT2D eigenvalue weighted by Crippen LogP contribution is -2.52. The van der Waals surface area contributed by atoms with E-state index in [4.69, 9.17) is 10.7 Å². The highest BCUT2D eigenvalue weighted by Crippen LogP contribution is 2.47. The van der Waals surface area contributed by atoms with Crippen LogP contribution in [0, 0.1) is 5.92 Å². The number of amides is 2. The van der Waals surface area contributed by atoms with Crippen molar-refractivity contribution < 1.29 is 9.59 Å². The second kappa shape index (κ2) is 7.49. The van der Waals surface area contributed by atoms with Gasteiger partial charge in [-0.15, -0.1) is 0 Å². The minimum Gasteiger partial charge on any atom is -0.351 e. The summed E-state index contributed by atoms with van der Waals surface area (Å²) in [5, 5.41) is 2.55. The predicted molar refractivity (Wildman–Crippen MR) is 110 cm³/mol. The van der Waals surface area contributed by atoms with Crippen LogP contribution in [0.1, 0.15) is 68.9 Å². The van der Waals surface area contributed by atoms with E-state index in [2.05, 4.69) is 41.5 Å². The fourth-order valence-corrected chi connectivity index (χ4v) is 5.23. The molecule has 6 heteroatoms. The van der Waals surface area contributed by atoms with Gasteiger partial charge < -0.3 is 5.73 Å². The minimum absolute atomic E-state index is 0.130. The fourth-order valence-electron chi connectivity index (χ4n) is 5.23. The Morgan fingerprint density at radius 3 is 2.79 bits per heavy atom. The normalized spacial score (nSPS) is 25.8. The van der Waals surface area contributed by atoms with Gasteiger partial charge in [-0.2, -0.15) is 0 Å². The van der Waals surface area contributed by atoms with E-state index >= 15 is 0 Å². The van der Waals surface area contributed by atoms with Crippen LogP contribution in [0.3, 0.4) is 0 Å². The van der Waals surface area contributed by atoms with Crippen molar-refractivity contribution in [1.29, 1.82) is 0 Å². The van der Waals surface area contributed by atoms with Crippen LogP contribution in [0.2, 0.25) is 0 Å². The number of nitrogens with zero attached hydrogens (tertiary/aromatic N) is 2. The van der Waals surface area contributed by atoms with Crippen molar-refractivity contribution in [3.05, 3.63) is 35.4 Å². The van der Waals surface area contributed by atoms with Gasteiger partial charge in [0.2, 0.25) is 5.96 Å². The van der Waals surface area contributed by atoms with E-state index in [1.165, 1.54) is 11.1 Å². The molecule has 3 aliphatic rings. The van der Waals surface area contributed by atoms with Gasteiger partial charge in [-0.1, -0.05) is 50.5 Å². The Kier molecular flexibility index (Phi) is 5.04. The van der Waals surface area contributed by atoms with Crippen molar-refractivity contribution in [2.75, 3.05) is 0 Å². The number of rotatable bonds is 3. The number of aryl methyl sites for hydroxylation is 1. The van der Waals surface area contributed by atoms with Crippen LogP contribution < -0.4 is 11.1 Å². The average Bonchev–Trinajstić information content (AvgIpc) is 3.09. The Hall–Kier alpha value is -2.50. The van der Waals surface area contributed by atoms with Gasteiger partial charge in [-0.05, 0) is 42.7 Å². The smallest absolute Gasteiger partial charge is 0.318 e. The maximum absolute atomic E-state index is 13.3. The molecule has 2 saturated carbocycles. The number of urea groups is 1. The van der Waals surface area contributed by atoms with E-state index in [1.54, 1.807) is 0 Å². The molecule has 0 saturated heterocycles. The third kappa shape index (κ3) is 3.48. The summed E-state index contributed by atoms with van der Waals surface area (Å²) in [7, 11) is 0. The van der Waals surface area contributed by atoms with Crippen molar-refractivity contribution in [3.63, 3.8) is 0 Å². The SMILES string of the molecule is CCCc1cccc(C2CC(=O)C3C(=NC(NC(N)=O)=NC34CCCC4)C2)c1. The van der Waals surface area contributed by atoms with Gasteiger partial charge in [0.05, 0.1) is 11.5 Å². The molecule has 6 nitrogen and oxygen atoms in total. The number of primary amides is 1. The van der Waals surface area contributed by atoms with Crippen LogP contribution in [-0.4, -0.2) is 29.0 Å². The van der Waals surface area contributed by atoms with Crippen LogP contribution >= 0.6 is 0 Å². The number of guanidine groups is 1. The highest BCUT2D eigenvalue weighted by Gasteiger charge is 2.52. The summed E-state index contributed by atoms with van der Waals surface area (Å²) in [4.78, 5) is 33.9. The first-order valence-electron chi connectivity index (χ1n) is 10.4. The van der Waals surface area contributed by atoms with Crippen molar-refractivity contribution in [3.8, 4) is 0 Å². The average molecular weight is 380 g/mol. The third-order valence-corrected chi connectivity index (χ3v) is 6.34. The second-order valence-corrected chi connectivity index (χ2v) is 8.34. The van der Waals surface area contributed by atoms with Crippen molar-refractivity contribution >= 4 is 23.5 Å². The van der Waals surface area contributed by atoms with E-state index in [1.807, 2.05) is 0 Å². The molecular weight excluding hydrogens is 352 g/mol. The first kappa shape index (κ1) is 18.8. The summed E-state index contributed by atoms with van der Waals surface area (Å²) >= 11 is 0. The zero-order valence-electron chi connectivity index (χ0n) is 16.4. The molecule has 2 aliphatic carbocycles. The molecule has 148 valence electrons. The summed E-state index contributed by atoms with van der Waals surface area (Å²) in [5.74, 6) is 0.391. The van der Waals surface area contributed by atoms with Gasteiger partial charge in [-0.3, -0.25) is 10.1 Å². The Labute approximate surface area is 165 Å². The number of benzene rings is 1. The van der Waals surface area contributed by atoms with Crippen LogP contribution in [0.5, 0.6) is 0 Å². The van der Waals surface area contributed by atoms with Crippen molar-refractivity contribution in [2.24, 2.45) is 21.6 Å². The summed E-state index contributed by atoms with van der Waals surface area (Å²) in [6.07, 6.45) is 7.23. The topological polar surface area (TPSA) is 96.9 Å². The lowest BCUT2D eigenvalue weighted by Gasteiger charge is -2.41. The molecular formula is C22H28N4O2. The van der Waals surface area contributed by atoms with Gasteiger partial charge in [0.15, 0.2) is 0 Å². The van der Waals surface area contributed by atoms with Gasteiger partial charge >= 0.3 is 6.03 Å². The Balaban J connectivity index is 1.66. The van der Waals surface area contributed by atoms with E-state index in [0.29, 0.717) is 6.42 Å². The maximum atomic E-state index is 13.3. The number of carbonyl (C=O) groups is 2. The predicted octanol–water partition coefficient (Wildman–Crippen LogP) is 3.49. The summed E-state index contributed by atoms with van der Waals surface area (Å²) < 4.78 is 0. The number of ketones is 1. The third-order valence-electron chi connectivity index (χ3n) is 6.34. The van der Waals surface area contributed by atoms with E-state index in [9.17, 15) is 9.59 Å². The number of hydrogen-bond acceptors (Lipinski definition) is 4. The van der Waals surface area contributed by atoms with Crippen LogP contribution in [0.15, 0.2) is 34.3 Å². The lowest BCUT2D eigenvalue weighted by atomic mass is 9.67. The molecule has 1 aromatic rings. The zero-order chi connectivity index (χ0) is 19.7. The molecule has 3 N–H and O–H groups in total. The van der Waals surface area contributed by atoms with Crippen molar-refractivity contribution in [2.45, 2.75) is 69.7 Å². The van der Waals surface area contributed by atoms with Crippen molar-refractivity contribution in [1.82, 2.24) is 5.32 Å². The number of nitrogens with one attached hydrogen (secondary N) is 1. The monoisotopic (exact) mass is 380 g/mol. The number of fused-ring (bicyclic) bond motifs is 2. The molecule has 4 rings (SSSR count). The Morgan fingerprint density at radius 1 is 1.29 bits per heavy atom. The summed E-state index contributed by atoms with van der Waals surface area (Å²) in [6, 6.07) is 7.91. The molecule has 0 radical (unpaired) electrons. The quantitative estimate of drug-likeness (QED) is 0.839. The molecule has 2 unspecified atom stereocenters. The van der Waals surface area contributed by atoms with Gasteiger partial charge in [0.1, 0.15) is 5.78 Å². The van der Waals surface area contributed by atoms with Gasteiger partial charge in [0.25, 0.3) is 0 Å². The molecule has 1 spiro atoms. The highest BCUT2D eigenvalue weighted by atomic mass is 16.2. The van der Waals surface area contributed by atoms with Crippen LogP contribution in [0.4, 0.5) is 4.79 Å². The highest BCUT2D eigenvalue weighted by molar-refractivity contribution is 6.15. The number of aliphatic imine (C=N–C) groups is 2. The van der Waals surface area contributed by atoms with Gasteiger partial charge in [0, 0.05) is 12.1 Å². The Morgan fingerprint density at radius 2 is 2.07 bits per heavy atom. The number of carbonyl (C=O) groups excluding carboxylic acids is 2. The molecule has 2 amide bonds. The molecule has 1 aromatic carbocycles. The molecule has 0 aromatic heterocycles. The lowest BCUT2D eigenvalue weighted by molar-refractivity contribution is -0.123. The van der Waals surface area contributed by atoms with E-state index in [-0.39, 0.29) is 23.6 Å². The van der Waals surface area contributed by atoms with Crippen LogP contribution in [0.25, 0.3) is 0 Å². The minimum atomic E-state index is -0.666. The first-order valence-corrected chi connectivity index (χ1v) is 10.4. The van der Waals surface area contributed by atoms with E-state index in [0.717, 1.165) is 50.7 Å². The molecule has 1 heterocycles. The van der Waals surface area contributed by atoms with Crippen LogP contribution in [-0.2, 0) is 11.2 Å². The summed E-state index contributed by atoms with van der Waals surface area (Å²) in [6.45, 7) is 2.17. The second-order valence-electron chi connectivity index (χ2n) is 8.34. The molecule has 2 atom stereocenters. The zero-order valence-corrected chi connectivity index (χ0v) is 16.4. The summed E-state index contributed by atoms with van der Waals surface area (Å²) in [5.41, 5.74) is 8.23. The molecule has 2 fully saturated rings. The number of nitrogens with two attached hydrogens (primary N) is 1. The van der Waals surface area contributed by atoms with E-state index < -0.39 is 11.6 Å².